The number of nitrogens with zero attached hydrogens (tertiary/aromatic N) is 3. The van der Waals surface area contributed by atoms with E-state index in [4.69, 9.17) is 0 Å². The molecule has 0 aliphatic rings. The van der Waals surface area contributed by atoms with Gasteiger partial charge in [0.05, 0.1) is 17.4 Å². The third kappa shape index (κ3) is 1.50. The number of rotatable bonds is 2. The third-order valence-corrected chi connectivity index (χ3v) is 2.40. The first kappa shape index (κ1) is 8.91. The number of anilines is 1. The molecule has 2 aromatic heterocycles. The molecule has 0 fully saturated rings. The van der Waals surface area contributed by atoms with Crippen molar-refractivity contribution in [2.45, 2.75) is 0 Å². The molecule has 0 aliphatic carbocycles. The van der Waals surface area contributed by atoms with Gasteiger partial charge in [-0.1, -0.05) is 18.2 Å². The first-order valence-corrected chi connectivity index (χ1v) is 5.04. The lowest BCUT2D eigenvalue weighted by atomic mass is 10.2. The summed E-state index contributed by atoms with van der Waals surface area (Å²) >= 11 is 0. The summed E-state index contributed by atoms with van der Waals surface area (Å²) < 4.78 is 1.88. The fourth-order valence-corrected chi connectivity index (χ4v) is 1.64. The first-order valence-electron chi connectivity index (χ1n) is 5.04. The second kappa shape index (κ2) is 3.66. The molecule has 0 saturated heterocycles. The van der Waals surface area contributed by atoms with Crippen LogP contribution in [0.4, 0.5) is 5.69 Å². The average molecular weight is 210 g/mol. The summed E-state index contributed by atoms with van der Waals surface area (Å²) in [6.45, 7) is 0. The van der Waals surface area contributed by atoms with E-state index in [-0.39, 0.29) is 0 Å². The van der Waals surface area contributed by atoms with Crippen molar-refractivity contribution < 1.29 is 0 Å². The van der Waals surface area contributed by atoms with Crippen molar-refractivity contribution >= 4 is 16.6 Å². The topological polar surface area (TPSA) is 42.7 Å². The van der Waals surface area contributed by atoms with Crippen LogP contribution in [0, 0.1) is 0 Å². The number of fused-ring (bicyclic) bond motifs is 1. The highest BCUT2D eigenvalue weighted by Crippen LogP contribution is 2.19. The zero-order chi connectivity index (χ0) is 10.8. The molecule has 0 amide bonds. The second-order valence-electron chi connectivity index (χ2n) is 3.48. The van der Waals surface area contributed by atoms with Crippen LogP contribution in [-0.2, 0) is 0 Å². The van der Waals surface area contributed by atoms with E-state index in [2.05, 4.69) is 15.6 Å². The van der Waals surface area contributed by atoms with Crippen LogP contribution in [0.5, 0.6) is 0 Å². The van der Waals surface area contributed by atoms with Gasteiger partial charge in [-0.3, -0.25) is 10.1 Å². The Morgan fingerprint density at radius 2 is 1.81 bits per heavy atom. The Morgan fingerprint density at radius 1 is 1.00 bits per heavy atom. The van der Waals surface area contributed by atoms with Crippen molar-refractivity contribution in [1.29, 1.82) is 0 Å². The van der Waals surface area contributed by atoms with Gasteiger partial charge in [-0.05, 0) is 18.2 Å². The molecule has 4 heteroatoms. The van der Waals surface area contributed by atoms with Crippen LogP contribution in [-0.4, -0.2) is 14.9 Å². The van der Waals surface area contributed by atoms with E-state index in [1.807, 2.05) is 53.5 Å². The monoisotopic (exact) mass is 210 g/mol. The summed E-state index contributed by atoms with van der Waals surface area (Å²) in [6, 6.07) is 11.8. The highest BCUT2D eigenvalue weighted by atomic mass is 15.4. The standard InChI is InChI=1S/C12H10N4/c1-2-6-11-10(5-1)12(9-13-14-11)15-16-7-3-4-8-16/h1-9H,(H,14,15). The number of benzene rings is 1. The Labute approximate surface area is 92.5 Å². The minimum absolute atomic E-state index is 0.889. The van der Waals surface area contributed by atoms with Crippen molar-refractivity contribution in [3.05, 3.63) is 55.0 Å². The third-order valence-electron chi connectivity index (χ3n) is 2.40. The molecule has 0 spiro atoms. The van der Waals surface area contributed by atoms with Gasteiger partial charge in [0, 0.05) is 17.8 Å². The van der Waals surface area contributed by atoms with Gasteiger partial charge in [-0.25, -0.2) is 0 Å². The van der Waals surface area contributed by atoms with E-state index in [1.54, 1.807) is 6.20 Å². The number of hydrogen-bond acceptors (Lipinski definition) is 3. The quantitative estimate of drug-likeness (QED) is 0.705. The van der Waals surface area contributed by atoms with Crippen LogP contribution in [0.15, 0.2) is 55.0 Å². The van der Waals surface area contributed by atoms with E-state index in [1.165, 1.54) is 0 Å². The zero-order valence-electron chi connectivity index (χ0n) is 8.54. The van der Waals surface area contributed by atoms with Crippen molar-refractivity contribution in [3.63, 3.8) is 0 Å². The molecule has 3 aromatic rings. The van der Waals surface area contributed by atoms with Crippen molar-refractivity contribution in [1.82, 2.24) is 14.9 Å². The van der Waals surface area contributed by atoms with Crippen LogP contribution in [0.2, 0.25) is 0 Å². The van der Waals surface area contributed by atoms with Gasteiger partial charge < -0.3 is 0 Å². The van der Waals surface area contributed by atoms with E-state index >= 15 is 0 Å². The van der Waals surface area contributed by atoms with Crippen LogP contribution < -0.4 is 5.43 Å². The molecule has 16 heavy (non-hydrogen) atoms. The molecule has 0 aliphatic heterocycles. The molecule has 2 heterocycles. The molecule has 4 nitrogen and oxygen atoms in total. The van der Waals surface area contributed by atoms with Crippen molar-refractivity contribution in [3.8, 4) is 0 Å². The summed E-state index contributed by atoms with van der Waals surface area (Å²) in [5, 5.41) is 9.10. The maximum absolute atomic E-state index is 4.07. The SMILES string of the molecule is c1ccc2c(Nn3cccc3)cnnc2c1. The second-order valence-corrected chi connectivity index (χ2v) is 3.48. The molecule has 1 aromatic carbocycles. The maximum atomic E-state index is 4.07. The van der Waals surface area contributed by atoms with Gasteiger partial charge in [0.15, 0.2) is 0 Å². The van der Waals surface area contributed by atoms with Crippen LogP contribution in [0.25, 0.3) is 10.9 Å². The highest BCUT2D eigenvalue weighted by molar-refractivity contribution is 5.89. The molecular weight excluding hydrogens is 200 g/mol. The van der Waals surface area contributed by atoms with E-state index in [0.717, 1.165) is 16.6 Å². The largest absolute Gasteiger partial charge is 0.293 e. The van der Waals surface area contributed by atoms with Gasteiger partial charge in [-0.15, -0.1) is 0 Å². The molecule has 0 radical (unpaired) electrons. The van der Waals surface area contributed by atoms with E-state index in [9.17, 15) is 0 Å². The smallest absolute Gasteiger partial charge is 0.0951 e. The van der Waals surface area contributed by atoms with Crippen LogP contribution in [0.3, 0.4) is 0 Å². The summed E-state index contributed by atoms with van der Waals surface area (Å²) in [5.41, 5.74) is 5.08. The Hall–Kier alpha value is -2.36. The summed E-state index contributed by atoms with van der Waals surface area (Å²) in [4.78, 5) is 0. The van der Waals surface area contributed by atoms with Gasteiger partial charge in [-0.2, -0.15) is 10.2 Å². The average Bonchev–Trinajstić information content (AvgIpc) is 2.82. The van der Waals surface area contributed by atoms with Gasteiger partial charge in [0.2, 0.25) is 0 Å². The normalized spacial score (nSPS) is 10.5. The zero-order valence-corrected chi connectivity index (χ0v) is 8.54. The van der Waals surface area contributed by atoms with Gasteiger partial charge in [0.1, 0.15) is 0 Å². The van der Waals surface area contributed by atoms with Gasteiger partial charge in [0.25, 0.3) is 0 Å². The lowest BCUT2D eigenvalue weighted by molar-refractivity contribution is 0.962. The van der Waals surface area contributed by atoms with Crippen LogP contribution >= 0.6 is 0 Å². The molecule has 0 saturated carbocycles. The maximum Gasteiger partial charge on any atom is 0.0951 e. The minimum atomic E-state index is 0.889. The van der Waals surface area contributed by atoms with Gasteiger partial charge >= 0.3 is 0 Å². The molecule has 3 rings (SSSR count). The fourth-order valence-electron chi connectivity index (χ4n) is 1.64. The highest BCUT2D eigenvalue weighted by Gasteiger charge is 2.01. The Kier molecular flexibility index (Phi) is 2.04. The summed E-state index contributed by atoms with van der Waals surface area (Å²) in [6.07, 6.45) is 5.60. The van der Waals surface area contributed by atoms with Crippen LogP contribution in [0.1, 0.15) is 0 Å². The molecule has 0 unspecified atom stereocenters. The molecule has 0 bridgehead atoms. The Bertz CT molecular complexity index is 596. The predicted molar refractivity (Wildman–Crippen MR) is 63.0 cm³/mol. The Balaban J connectivity index is 2.10. The van der Waals surface area contributed by atoms with Crippen molar-refractivity contribution in [2.24, 2.45) is 0 Å². The Morgan fingerprint density at radius 3 is 2.69 bits per heavy atom. The molecular formula is C12H10N4. The number of nitrogens with one attached hydrogen (secondary N) is 1. The summed E-state index contributed by atoms with van der Waals surface area (Å²) in [7, 11) is 0. The minimum Gasteiger partial charge on any atom is -0.293 e. The van der Waals surface area contributed by atoms with Crippen molar-refractivity contribution in [2.75, 3.05) is 5.43 Å². The number of aromatic nitrogens is 3. The lowest BCUT2D eigenvalue weighted by Crippen LogP contribution is -2.06. The predicted octanol–water partition coefficient (Wildman–Crippen LogP) is 2.31. The summed E-state index contributed by atoms with van der Waals surface area (Å²) in [5.74, 6) is 0. The molecule has 78 valence electrons. The molecule has 1 N–H and O–H groups in total. The molecule has 0 atom stereocenters. The fraction of sp³-hybridized carbons (Fsp3) is 0. The lowest BCUT2D eigenvalue weighted by Gasteiger charge is -2.08. The van der Waals surface area contributed by atoms with E-state index in [0.29, 0.717) is 0 Å². The van der Waals surface area contributed by atoms with E-state index < -0.39 is 0 Å². The first-order chi connectivity index (χ1) is 7.93. The number of hydrogen-bond donors (Lipinski definition) is 1.